The lowest BCUT2D eigenvalue weighted by Gasteiger charge is -2.25. The molecule has 1 saturated heterocycles. The lowest BCUT2D eigenvalue weighted by atomic mass is 10.0. The van der Waals surface area contributed by atoms with Gasteiger partial charge in [0.25, 0.3) is 11.8 Å². The molecule has 0 aliphatic carbocycles. The molecule has 1 heterocycles. The molecule has 17 heteroatoms. The van der Waals surface area contributed by atoms with Crippen LogP contribution in [0.1, 0.15) is 74.2 Å². The minimum Gasteiger partial charge on any atom is -0.395 e. The van der Waals surface area contributed by atoms with Crippen molar-refractivity contribution in [3.63, 3.8) is 0 Å². The fourth-order valence-electron chi connectivity index (χ4n) is 4.69. The third kappa shape index (κ3) is 13.2. The van der Waals surface area contributed by atoms with Gasteiger partial charge in [-0.25, -0.2) is 0 Å². The Morgan fingerprint density at radius 1 is 0.938 bits per heavy atom. The van der Waals surface area contributed by atoms with Gasteiger partial charge in [0.15, 0.2) is 5.96 Å². The van der Waals surface area contributed by atoms with E-state index in [0.29, 0.717) is 53.4 Å². The number of nitrogens with one attached hydrogen (secondary N) is 3. The van der Waals surface area contributed by atoms with Crippen LogP contribution in [-0.4, -0.2) is 94.2 Å². The van der Waals surface area contributed by atoms with E-state index in [9.17, 15) is 29.1 Å². The number of hydrogen-bond donors (Lipinski definition) is 8. The molecule has 1 aliphatic heterocycles. The van der Waals surface area contributed by atoms with Crippen LogP contribution in [0.25, 0.3) is 6.08 Å². The molecule has 5 amide bonds. The summed E-state index contributed by atoms with van der Waals surface area (Å²) in [5.41, 5.74) is 22.9. The number of benzene rings is 1. The van der Waals surface area contributed by atoms with Crippen LogP contribution < -0.4 is 38.9 Å². The zero-order valence-electron chi connectivity index (χ0n) is 27.1. The monoisotopic (exact) mass is 705 g/mol. The van der Waals surface area contributed by atoms with E-state index in [1.54, 1.807) is 30.3 Å². The number of aliphatic hydroxyl groups is 1. The maximum atomic E-state index is 13.6. The zero-order chi connectivity index (χ0) is 35.6. The Labute approximate surface area is 290 Å². The Morgan fingerprint density at radius 2 is 1.54 bits per heavy atom. The standard InChI is InChI=1S/C31H47N9O6S2/c1-2-3-7-21(25(33)42)37-27(44)22(8-4-5-14-32)39-28(45)23(9-6-15-36-30(34)35)38-26(43)20-12-10-19(11-13-20)18-24-29(46)40(16-17-41)31(47)48-24/h10-13,18,21-23,41H,2-9,14-17,32H2,1H3,(H2,33,42)(H,37,44)(H,38,43)(H,39,45)(H4,34,35,36)/b24-18-/t21-,22-,23-/m0/s1. The summed E-state index contributed by atoms with van der Waals surface area (Å²) in [6.07, 6.45) is 5.37. The number of nitrogens with two attached hydrogens (primary N) is 4. The highest BCUT2D eigenvalue weighted by atomic mass is 32.2. The quantitative estimate of drug-likeness (QED) is 0.0273. The highest BCUT2D eigenvalue weighted by Crippen LogP contribution is 2.32. The number of hydrogen-bond acceptors (Lipinski definition) is 10. The molecule has 1 aliphatic rings. The van der Waals surface area contributed by atoms with E-state index in [2.05, 4.69) is 20.9 Å². The molecule has 1 aromatic rings. The first-order chi connectivity index (χ1) is 22.9. The molecule has 2 rings (SSSR count). The van der Waals surface area contributed by atoms with Gasteiger partial charge in [0.2, 0.25) is 17.7 Å². The molecular weight excluding hydrogens is 659 g/mol. The van der Waals surface area contributed by atoms with Crippen molar-refractivity contribution in [1.29, 1.82) is 0 Å². The highest BCUT2D eigenvalue weighted by Gasteiger charge is 2.32. The number of unbranched alkanes of at least 4 members (excludes halogenated alkanes) is 2. The van der Waals surface area contributed by atoms with Gasteiger partial charge in [-0.1, -0.05) is 55.9 Å². The summed E-state index contributed by atoms with van der Waals surface area (Å²) < 4.78 is 0.351. The van der Waals surface area contributed by atoms with Gasteiger partial charge in [0.05, 0.1) is 18.1 Å². The number of thiocarbonyl (C=S) groups is 1. The first kappa shape index (κ1) is 40.1. The normalized spacial score (nSPS) is 15.5. The predicted molar refractivity (Wildman–Crippen MR) is 190 cm³/mol. The minimum atomic E-state index is -1.06. The van der Waals surface area contributed by atoms with E-state index < -0.39 is 41.8 Å². The fraction of sp³-hybridized carbons (Fsp3) is 0.516. The van der Waals surface area contributed by atoms with E-state index in [-0.39, 0.29) is 50.0 Å². The molecule has 0 bridgehead atoms. The third-order valence-electron chi connectivity index (χ3n) is 7.32. The second kappa shape index (κ2) is 21.0. The maximum absolute atomic E-state index is 13.6. The summed E-state index contributed by atoms with van der Waals surface area (Å²) in [5, 5.41) is 17.3. The van der Waals surface area contributed by atoms with Gasteiger partial charge in [0.1, 0.15) is 22.4 Å². The van der Waals surface area contributed by atoms with E-state index in [4.69, 9.17) is 35.2 Å². The Balaban J connectivity index is 2.22. The van der Waals surface area contributed by atoms with Crippen molar-refractivity contribution in [2.24, 2.45) is 27.9 Å². The molecule has 0 aromatic heterocycles. The Hall–Kier alpha value is -4.06. The van der Waals surface area contributed by atoms with Crippen LogP contribution in [0.3, 0.4) is 0 Å². The SMILES string of the molecule is CCCC[C@H](NC(=O)[C@H](CCCCN)NC(=O)[C@H](CCCN=C(N)N)NC(=O)c1ccc(/C=C2\SC(=S)N(CCO)C2=O)cc1)C(N)=O. The van der Waals surface area contributed by atoms with Crippen molar-refractivity contribution in [3.05, 3.63) is 40.3 Å². The largest absolute Gasteiger partial charge is 0.395 e. The van der Waals surface area contributed by atoms with Crippen LogP contribution in [0.15, 0.2) is 34.2 Å². The molecule has 3 atom stereocenters. The first-order valence-corrected chi connectivity index (χ1v) is 17.1. The molecule has 1 aromatic carbocycles. The number of nitrogens with zero attached hydrogens (tertiary/aromatic N) is 2. The van der Waals surface area contributed by atoms with E-state index in [1.807, 2.05) is 6.92 Å². The van der Waals surface area contributed by atoms with Crippen LogP contribution in [-0.2, 0) is 19.2 Å². The second-order valence-electron chi connectivity index (χ2n) is 11.1. The average Bonchev–Trinajstić information content (AvgIpc) is 3.31. The van der Waals surface area contributed by atoms with Gasteiger partial charge in [-0.3, -0.25) is 33.9 Å². The first-order valence-electron chi connectivity index (χ1n) is 15.8. The molecule has 0 spiro atoms. The molecule has 0 unspecified atom stereocenters. The molecule has 12 N–H and O–H groups in total. The van der Waals surface area contributed by atoms with Crippen molar-refractivity contribution in [1.82, 2.24) is 20.9 Å². The van der Waals surface area contributed by atoms with Gasteiger partial charge >= 0.3 is 0 Å². The van der Waals surface area contributed by atoms with Crippen molar-refractivity contribution in [2.75, 3.05) is 26.2 Å². The van der Waals surface area contributed by atoms with Crippen molar-refractivity contribution < 1.29 is 29.1 Å². The molecule has 0 radical (unpaired) electrons. The number of carbonyl (C=O) groups excluding carboxylic acids is 5. The minimum absolute atomic E-state index is 0.105. The number of carbonyl (C=O) groups is 5. The maximum Gasteiger partial charge on any atom is 0.266 e. The summed E-state index contributed by atoms with van der Waals surface area (Å²) in [4.78, 5) is 70.3. The topological polar surface area (TPSA) is 261 Å². The van der Waals surface area contributed by atoms with Crippen molar-refractivity contribution >= 4 is 69.9 Å². The number of β-amino-alcohol motifs (C(OH)–C–C–N with tert-alkyl or cyclic N) is 1. The highest BCUT2D eigenvalue weighted by molar-refractivity contribution is 8.26. The van der Waals surface area contributed by atoms with Gasteiger partial charge in [-0.05, 0) is 68.8 Å². The van der Waals surface area contributed by atoms with Crippen LogP contribution in [0.5, 0.6) is 0 Å². The molecule has 0 saturated carbocycles. The van der Waals surface area contributed by atoms with Crippen LogP contribution in [0, 0.1) is 0 Å². The van der Waals surface area contributed by atoms with E-state index in [0.717, 1.165) is 18.2 Å². The van der Waals surface area contributed by atoms with Crippen LogP contribution >= 0.6 is 24.0 Å². The molecule has 15 nitrogen and oxygen atoms in total. The smallest absolute Gasteiger partial charge is 0.266 e. The number of aliphatic imine (C=N–C) groups is 1. The Kier molecular flexibility index (Phi) is 17.6. The third-order valence-corrected chi connectivity index (χ3v) is 8.70. The molecule has 48 heavy (non-hydrogen) atoms. The molecule has 264 valence electrons. The van der Waals surface area contributed by atoms with E-state index in [1.165, 1.54) is 4.90 Å². The van der Waals surface area contributed by atoms with Gasteiger partial charge < -0.3 is 44.0 Å². The summed E-state index contributed by atoms with van der Waals surface area (Å²) >= 11 is 6.34. The number of aliphatic hydroxyl groups excluding tert-OH is 1. The van der Waals surface area contributed by atoms with Crippen LogP contribution in [0.4, 0.5) is 0 Å². The second-order valence-corrected chi connectivity index (χ2v) is 12.8. The summed E-state index contributed by atoms with van der Waals surface area (Å²) in [7, 11) is 0. The van der Waals surface area contributed by atoms with Crippen molar-refractivity contribution in [2.45, 2.75) is 76.4 Å². The summed E-state index contributed by atoms with van der Waals surface area (Å²) in [5.74, 6) is -2.80. The summed E-state index contributed by atoms with van der Waals surface area (Å²) in [6.45, 7) is 2.44. The van der Waals surface area contributed by atoms with Crippen molar-refractivity contribution in [3.8, 4) is 0 Å². The number of amides is 5. The average molecular weight is 706 g/mol. The lowest BCUT2D eigenvalue weighted by Crippen LogP contribution is -2.56. The van der Waals surface area contributed by atoms with Gasteiger partial charge in [-0.15, -0.1) is 0 Å². The Bertz CT molecular complexity index is 1350. The predicted octanol–water partition coefficient (Wildman–Crippen LogP) is -0.194. The number of thioether (sulfide) groups is 1. The fourth-order valence-corrected chi connectivity index (χ4v) is 6.00. The number of guanidine groups is 1. The number of rotatable bonds is 21. The lowest BCUT2D eigenvalue weighted by molar-refractivity contribution is -0.132. The van der Waals surface area contributed by atoms with E-state index >= 15 is 0 Å². The van der Waals surface area contributed by atoms with Crippen LogP contribution in [0.2, 0.25) is 0 Å². The zero-order valence-corrected chi connectivity index (χ0v) is 28.7. The van der Waals surface area contributed by atoms with Gasteiger partial charge in [-0.2, -0.15) is 0 Å². The summed E-state index contributed by atoms with van der Waals surface area (Å²) in [6, 6.07) is 3.44. The molecule has 1 fully saturated rings. The Morgan fingerprint density at radius 3 is 2.12 bits per heavy atom. The number of primary amides is 1. The molecular formula is C31H47N9O6S2. The van der Waals surface area contributed by atoms with Gasteiger partial charge in [0, 0.05) is 12.1 Å².